The van der Waals surface area contributed by atoms with Crippen LogP contribution in [-0.2, 0) is 22.7 Å². The molecule has 25 heavy (non-hydrogen) atoms. The number of rotatable bonds is 5. The number of carbonyl (C=O) groups is 2. The van der Waals surface area contributed by atoms with Gasteiger partial charge < -0.3 is 15.2 Å². The second-order valence-corrected chi connectivity index (χ2v) is 5.54. The van der Waals surface area contributed by atoms with Gasteiger partial charge in [-0.15, -0.1) is 0 Å². The molecule has 6 nitrogen and oxygen atoms in total. The molecule has 2 aromatic carbocycles. The van der Waals surface area contributed by atoms with Gasteiger partial charge in [0.15, 0.2) is 0 Å². The van der Waals surface area contributed by atoms with E-state index in [2.05, 4.69) is 15.6 Å². The van der Waals surface area contributed by atoms with E-state index in [4.69, 9.17) is 0 Å². The van der Waals surface area contributed by atoms with Crippen LogP contribution in [0.5, 0.6) is 0 Å². The average Bonchev–Trinajstić information content (AvgIpc) is 2.93. The molecule has 3 rings (SSSR count). The van der Waals surface area contributed by atoms with Crippen molar-refractivity contribution in [2.75, 3.05) is 5.32 Å². The van der Waals surface area contributed by atoms with Crippen LogP contribution in [0.25, 0.3) is 11.0 Å². The molecule has 2 N–H and O–H groups in total. The number of imidazole rings is 1. The predicted molar refractivity (Wildman–Crippen MR) is 92.3 cm³/mol. The molecule has 0 unspecified atom stereocenters. The lowest BCUT2D eigenvalue weighted by Crippen LogP contribution is -2.25. The fraction of sp³-hybridized carbons (Fsp3) is 0.167. The van der Waals surface area contributed by atoms with E-state index in [-0.39, 0.29) is 30.6 Å². The molecule has 0 saturated carbocycles. The second kappa shape index (κ2) is 7.12. The summed E-state index contributed by atoms with van der Waals surface area (Å²) in [5.41, 5.74) is 1.62. The van der Waals surface area contributed by atoms with Gasteiger partial charge in [0.2, 0.25) is 11.8 Å². The van der Waals surface area contributed by atoms with E-state index in [0.717, 1.165) is 11.0 Å². The highest BCUT2D eigenvalue weighted by Gasteiger charge is 2.14. The second-order valence-electron chi connectivity index (χ2n) is 5.54. The zero-order chi connectivity index (χ0) is 17.8. The number of amides is 2. The summed E-state index contributed by atoms with van der Waals surface area (Å²) >= 11 is 0. The van der Waals surface area contributed by atoms with Crippen LogP contribution in [0.2, 0.25) is 0 Å². The minimum absolute atomic E-state index is 0.0379. The van der Waals surface area contributed by atoms with Gasteiger partial charge in [0.1, 0.15) is 18.2 Å². The Kier molecular flexibility index (Phi) is 4.74. The molecule has 0 saturated heterocycles. The van der Waals surface area contributed by atoms with Gasteiger partial charge >= 0.3 is 0 Å². The maximum absolute atomic E-state index is 13.7. The quantitative estimate of drug-likeness (QED) is 0.749. The van der Waals surface area contributed by atoms with E-state index in [1.165, 1.54) is 19.1 Å². The van der Waals surface area contributed by atoms with Crippen molar-refractivity contribution in [2.45, 2.75) is 20.0 Å². The third-order valence-corrected chi connectivity index (χ3v) is 3.68. The first-order chi connectivity index (χ1) is 12.0. The predicted octanol–water partition coefficient (Wildman–Crippen LogP) is 2.45. The van der Waals surface area contributed by atoms with E-state index in [1.807, 2.05) is 24.3 Å². The first kappa shape index (κ1) is 16.6. The fourth-order valence-electron chi connectivity index (χ4n) is 2.54. The summed E-state index contributed by atoms with van der Waals surface area (Å²) in [7, 11) is 0. The van der Waals surface area contributed by atoms with Gasteiger partial charge in [-0.1, -0.05) is 24.3 Å². The van der Waals surface area contributed by atoms with Crippen LogP contribution >= 0.6 is 0 Å². The number of carbonyl (C=O) groups excluding carboxylic acids is 2. The van der Waals surface area contributed by atoms with Crippen molar-refractivity contribution in [3.63, 3.8) is 0 Å². The molecule has 7 heteroatoms. The summed E-state index contributed by atoms with van der Waals surface area (Å²) in [6.45, 7) is 1.58. The van der Waals surface area contributed by atoms with Crippen LogP contribution in [0.4, 0.5) is 10.1 Å². The molecule has 1 aromatic heterocycles. The normalized spacial score (nSPS) is 10.6. The largest absolute Gasteiger partial charge is 0.349 e. The number of nitrogens with one attached hydrogen (secondary N) is 2. The van der Waals surface area contributed by atoms with Crippen molar-refractivity contribution in [3.05, 3.63) is 60.2 Å². The molecule has 2 amide bonds. The summed E-state index contributed by atoms with van der Waals surface area (Å²) in [5, 5.41) is 5.24. The molecule has 0 aliphatic heterocycles. The van der Waals surface area contributed by atoms with Gasteiger partial charge in [0, 0.05) is 6.92 Å². The van der Waals surface area contributed by atoms with Crippen molar-refractivity contribution < 1.29 is 14.0 Å². The van der Waals surface area contributed by atoms with Gasteiger partial charge in [-0.05, 0) is 24.3 Å². The van der Waals surface area contributed by atoms with Crippen LogP contribution in [-0.4, -0.2) is 21.4 Å². The van der Waals surface area contributed by atoms with E-state index in [1.54, 1.807) is 16.7 Å². The Balaban J connectivity index is 1.86. The standard InChI is InChI=1S/C18H17FN4O2/c1-12(24)20-10-17-21-15-8-4-5-9-16(15)23(17)11-18(25)22-14-7-3-2-6-13(14)19/h2-9H,10-11H2,1H3,(H,20,24)(H,22,25). The van der Waals surface area contributed by atoms with Crippen LogP contribution in [0, 0.1) is 5.82 Å². The molecule has 128 valence electrons. The highest BCUT2D eigenvalue weighted by atomic mass is 19.1. The summed E-state index contributed by atoms with van der Waals surface area (Å²) < 4.78 is 15.4. The van der Waals surface area contributed by atoms with Crippen LogP contribution < -0.4 is 10.6 Å². The van der Waals surface area contributed by atoms with Gasteiger partial charge in [0.25, 0.3) is 0 Å². The monoisotopic (exact) mass is 340 g/mol. The summed E-state index contributed by atoms with van der Waals surface area (Å²) in [6.07, 6.45) is 0. The van der Waals surface area contributed by atoms with Crippen LogP contribution in [0.15, 0.2) is 48.5 Å². The number of halogens is 1. The Hall–Kier alpha value is -3.22. The smallest absolute Gasteiger partial charge is 0.244 e. The average molecular weight is 340 g/mol. The number of aromatic nitrogens is 2. The Morgan fingerprint density at radius 2 is 1.84 bits per heavy atom. The number of fused-ring (bicyclic) bond motifs is 1. The van der Waals surface area contributed by atoms with Crippen molar-refractivity contribution in [1.82, 2.24) is 14.9 Å². The summed E-state index contributed by atoms with van der Waals surface area (Å²) in [6, 6.07) is 13.3. The van der Waals surface area contributed by atoms with E-state index in [9.17, 15) is 14.0 Å². The molecule has 0 atom stereocenters. The number of hydrogen-bond acceptors (Lipinski definition) is 3. The molecule has 0 radical (unpaired) electrons. The summed E-state index contributed by atoms with van der Waals surface area (Å²) in [4.78, 5) is 28.0. The number of anilines is 1. The van der Waals surface area contributed by atoms with E-state index >= 15 is 0 Å². The molecule has 0 spiro atoms. The van der Waals surface area contributed by atoms with Crippen molar-refractivity contribution in [1.29, 1.82) is 0 Å². The molecule has 0 fully saturated rings. The molecule has 3 aromatic rings. The van der Waals surface area contributed by atoms with Crippen molar-refractivity contribution in [2.24, 2.45) is 0 Å². The molecule has 0 aliphatic carbocycles. The highest BCUT2D eigenvalue weighted by Crippen LogP contribution is 2.17. The Morgan fingerprint density at radius 3 is 2.60 bits per heavy atom. The third kappa shape index (κ3) is 3.82. The lowest BCUT2D eigenvalue weighted by molar-refractivity contribution is -0.119. The molecule has 0 aliphatic rings. The molecular weight excluding hydrogens is 323 g/mol. The van der Waals surface area contributed by atoms with Crippen LogP contribution in [0.3, 0.4) is 0 Å². The van der Waals surface area contributed by atoms with Crippen LogP contribution in [0.1, 0.15) is 12.7 Å². The first-order valence-corrected chi connectivity index (χ1v) is 7.77. The Bertz CT molecular complexity index is 936. The lowest BCUT2D eigenvalue weighted by Gasteiger charge is -2.11. The Labute approximate surface area is 143 Å². The maximum Gasteiger partial charge on any atom is 0.244 e. The van der Waals surface area contributed by atoms with Gasteiger partial charge in [0.05, 0.1) is 23.3 Å². The lowest BCUT2D eigenvalue weighted by atomic mass is 10.3. The van der Waals surface area contributed by atoms with Gasteiger partial charge in [-0.2, -0.15) is 0 Å². The molecule has 1 heterocycles. The maximum atomic E-state index is 13.7. The third-order valence-electron chi connectivity index (χ3n) is 3.68. The van der Waals surface area contributed by atoms with Gasteiger partial charge in [-0.25, -0.2) is 9.37 Å². The molecular formula is C18H17FN4O2. The Morgan fingerprint density at radius 1 is 1.12 bits per heavy atom. The minimum Gasteiger partial charge on any atom is -0.349 e. The number of nitrogens with zero attached hydrogens (tertiary/aromatic N) is 2. The first-order valence-electron chi connectivity index (χ1n) is 7.77. The zero-order valence-electron chi connectivity index (χ0n) is 13.6. The van der Waals surface area contributed by atoms with Crippen molar-refractivity contribution in [3.8, 4) is 0 Å². The highest BCUT2D eigenvalue weighted by molar-refractivity contribution is 5.91. The number of benzene rings is 2. The van der Waals surface area contributed by atoms with E-state index in [0.29, 0.717) is 5.82 Å². The zero-order valence-corrected chi connectivity index (χ0v) is 13.6. The molecule has 0 bridgehead atoms. The van der Waals surface area contributed by atoms with Crippen molar-refractivity contribution >= 4 is 28.5 Å². The number of hydrogen-bond donors (Lipinski definition) is 2. The number of para-hydroxylation sites is 3. The minimum atomic E-state index is -0.496. The van der Waals surface area contributed by atoms with Gasteiger partial charge in [-0.3, -0.25) is 9.59 Å². The summed E-state index contributed by atoms with van der Waals surface area (Å²) in [5.74, 6) is -0.503. The topological polar surface area (TPSA) is 76.0 Å². The SMILES string of the molecule is CC(=O)NCc1nc2ccccc2n1CC(=O)Nc1ccccc1F. The fourth-order valence-corrected chi connectivity index (χ4v) is 2.54. The van der Waals surface area contributed by atoms with E-state index < -0.39 is 5.82 Å².